The number of benzene rings is 1. The van der Waals surface area contributed by atoms with Gasteiger partial charge in [-0.2, -0.15) is 0 Å². The van der Waals surface area contributed by atoms with E-state index in [4.69, 9.17) is 18.6 Å². The number of ether oxygens (including phenoxy) is 3. The van der Waals surface area contributed by atoms with Gasteiger partial charge in [-0.15, -0.1) is 0 Å². The summed E-state index contributed by atoms with van der Waals surface area (Å²) >= 11 is 0. The molecule has 1 aromatic heterocycles. The van der Waals surface area contributed by atoms with E-state index in [1.165, 1.54) is 49.7 Å². The molecule has 2 rings (SSSR count). The minimum atomic E-state index is -0.523. The van der Waals surface area contributed by atoms with Crippen LogP contribution >= 0.6 is 0 Å². The summed E-state index contributed by atoms with van der Waals surface area (Å²) < 4.78 is 23.7. The number of unbranched alkanes of at least 4 members (excludes halogenated alkanes) is 7. The average molecular weight is 553 g/mol. The van der Waals surface area contributed by atoms with Gasteiger partial charge in [0.25, 0.3) is 0 Å². The van der Waals surface area contributed by atoms with Crippen LogP contribution in [0.5, 0.6) is 17.2 Å². The third kappa shape index (κ3) is 12.9. The Kier molecular flexibility index (Phi) is 16.6. The highest BCUT2D eigenvalue weighted by molar-refractivity contribution is 5.86. The molecule has 2 aromatic rings. The molecule has 0 aliphatic carbocycles. The number of hydrogen-bond donors (Lipinski definition) is 0. The van der Waals surface area contributed by atoms with Gasteiger partial charge in [0.05, 0.1) is 18.6 Å². The molecule has 0 amide bonds. The first-order valence-corrected chi connectivity index (χ1v) is 15.4. The van der Waals surface area contributed by atoms with E-state index in [1.807, 2.05) is 12.1 Å². The van der Waals surface area contributed by atoms with Crippen LogP contribution < -0.4 is 19.8 Å². The van der Waals surface area contributed by atoms with Gasteiger partial charge >= 0.3 is 5.63 Å². The third-order valence-electron chi connectivity index (χ3n) is 6.74. The largest absolute Gasteiger partial charge is 0.489 e. The smallest absolute Gasteiger partial charge is 0.383 e. The van der Waals surface area contributed by atoms with Crippen molar-refractivity contribution in [3.05, 3.63) is 64.1 Å². The van der Waals surface area contributed by atoms with E-state index in [1.54, 1.807) is 6.07 Å². The van der Waals surface area contributed by atoms with Crippen LogP contribution in [-0.4, -0.2) is 19.8 Å². The van der Waals surface area contributed by atoms with Crippen LogP contribution in [0.1, 0.15) is 112 Å². The SMILES string of the molecule is CC/C=C/CCOc1c(OCCCCCCCCCC)c2ccc(OC/C=C(\C)CCC=C(C)C)cc2oc1=O. The molecule has 5 nitrogen and oxygen atoms in total. The molecule has 0 fully saturated rings. The lowest BCUT2D eigenvalue weighted by molar-refractivity contribution is 0.258. The Morgan fingerprint density at radius 3 is 2.25 bits per heavy atom. The number of rotatable bonds is 21. The summed E-state index contributed by atoms with van der Waals surface area (Å²) in [6, 6.07) is 5.55. The molecule has 0 aliphatic heterocycles. The molecule has 0 aliphatic rings. The van der Waals surface area contributed by atoms with Gasteiger partial charge in [0, 0.05) is 6.07 Å². The summed E-state index contributed by atoms with van der Waals surface area (Å²) in [7, 11) is 0. The van der Waals surface area contributed by atoms with Crippen molar-refractivity contribution in [2.75, 3.05) is 19.8 Å². The van der Waals surface area contributed by atoms with Crippen LogP contribution in [0, 0.1) is 0 Å². The van der Waals surface area contributed by atoms with Crippen molar-refractivity contribution in [3.8, 4) is 17.2 Å². The molecule has 0 radical (unpaired) electrons. The normalized spacial score (nSPS) is 11.8. The highest BCUT2D eigenvalue weighted by atomic mass is 16.5. The fourth-order valence-electron chi connectivity index (χ4n) is 4.39. The van der Waals surface area contributed by atoms with E-state index in [9.17, 15) is 4.79 Å². The van der Waals surface area contributed by atoms with Crippen molar-refractivity contribution in [2.45, 2.75) is 112 Å². The van der Waals surface area contributed by atoms with E-state index >= 15 is 0 Å². The Balaban J connectivity index is 2.09. The number of hydrogen-bond acceptors (Lipinski definition) is 5. The Morgan fingerprint density at radius 1 is 0.800 bits per heavy atom. The second kappa shape index (κ2) is 20.0. The molecule has 0 saturated carbocycles. The van der Waals surface area contributed by atoms with Gasteiger partial charge in [-0.05, 0) is 71.1 Å². The molecule has 0 spiro atoms. The minimum Gasteiger partial charge on any atom is -0.489 e. The standard InChI is InChI=1S/C35H52O5/c1-6-8-10-12-13-14-15-17-24-38-33-31-22-21-30(37-26-23-29(5)20-18-19-28(3)4)27-32(31)40-35(36)34(33)39-25-16-11-9-7-2/h9,11,19,21-23,27H,6-8,10,12-18,20,24-26H2,1-5H3/b11-9+,29-23+. The maximum Gasteiger partial charge on any atom is 0.383 e. The van der Waals surface area contributed by atoms with Crippen molar-refractivity contribution in [1.82, 2.24) is 0 Å². The highest BCUT2D eigenvalue weighted by Crippen LogP contribution is 2.35. The molecule has 0 atom stereocenters. The van der Waals surface area contributed by atoms with Crippen LogP contribution in [0.3, 0.4) is 0 Å². The van der Waals surface area contributed by atoms with Crippen LogP contribution in [0.2, 0.25) is 0 Å². The zero-order chi connectivity index (χ0) is 29.0. The van der Waals surface area contributed by atoms with Gasteiger partial charge in [-0.3, -0.25) is 0 Å². The quantitative estimate of drug-likeness (QED) is 0.0876. The molecule has 0 unspecified atom stereocenters. The molecule has 0 bridgehead atoms. The minimum absolute atomic E-state index is 0.153. The second-order valence-corrected chi connectivity index (χ2v) is 10.7. The first-order chi connectivity index (χ1) is 19.5. The Labute approximate surface area is 242 Å². The summed E-state index contributed by atoms with van der Waals surface area (Å²) in [4.78, 5) is 13.0. The lowest BCUT2D eigenvalue weighted by Crippen LogP contribution is -2.11. The van der Waals surface area contributed by atoms with Crippen LogP contribution in [0.25, 0.3) is 11.0 Å². The van der Waals surface area contributed by atoms with Crippen molar-refractivity contribution in [3.63, 3.8) is 0 Å². The van der Waals surface area contributed by atoms with Crippen LogP contribution in [0.4, 0.5) is 0 Å². The predicted octanol–water partition coefficient (Wildman–Crippen LogP) is 10.1. The Morgan fingerprint density at radius 2 is 1.52 bits per heavy atom. The topological polar surface area (TPSA) is 57.9 Å². The fraction of sp³-hybridized carbons (Fsp3) is 0.571. The zero-order valence-electron chi connectivity index (χ0n) is 25.7. The lowest BCUT2D eigenvalue weighted by Gasteiger charge is -2.14. The van der Waals surface area contributed by atoms with Gasteiger partial charge in [-0.25, -0.2) is 4.79 Å². The molecule has 1 heterocycles. The van der Waals surface area contributed by atoms with E-state index in [-0.39, 0.29) is 5.75 Å². The summed E-state index contributed by atoms with van der Waals surface area (Å²) in [6.45, 7) is 12.1. The monoisotopic (exact) mass is 552 g/mol. The highest BCUT2D eigenvalue weighted by Gasteiger charge is 2.18. The maximum atomic E-state index is 13.0. The van der Waals surface area contributed by atoms with Crippen molar-refractivity contribution < 1.29 is 18.6 Å². The Bertz CT molecular complexity index is 1130. The molecular weight excluding hydrogens is 500 g/mol. The fourth-order valence-corrected chi connectivity index (χ4v) is 4.39. The summed E-state index contributed by atoms with van der Waals surface area (Å²) in [5.41, 5.74) is 2.54. The van der Waals surface area contributed by atoms with Gasteiger partial charge in [0.15, 0.2) is 5.75 Å². The molecular formula is C35H52O5. The molecule has 40 heavy (non-hydrogen) atoms. The summed E-state index contributed by atoms with van der Waals surface area (Å²) in [5.74, 6) is 1.27. The molecule has 1 aromatic carbocycles. The maximum absolute atomic E-state index is 13.0. The van der Waals surface area contributed by atoms with Gasteiger partial charge in [-0.1, -0.05) is 88.2 Å². The number of allylic oxidation sites excluding steroid dienone is 4. The van der Waals surface area contributed by atoms with E-state index < -0.39 is 5.63 Å². The molecule has 5 heteroatoms. The van der Waals surface area contributed by atoms with Crippen LogP contribution in [0.15, 0.2) is 62.9 Å². The summed E-state index contributed by atoms with van der Waals surface area (Å²) in [6.07, 6.45) is 22.0. The van der Waals surface area contributed by atoms with Gasteiger partial charge < -0.3 is 18.6 Å². The zero-order valence-corrected chi connectivity index (χ0v) is 25.7. The van der Waals surface area contributed by atoms with E-state index in [2.05, 4.69) is 58.9 Å². The first-order valence-electron chi connectivity index (χ1n) is 15.4. The second-order valence-electron chi connectivity index (χ2n) is 10.7. The molecule has 0 saturated heterocycles. The first kappa shape index (κ1) is 33.3. The Hall–Kier alpha value is -2.95. The van der Waals surface area contributed by atoms with Crippen molar-refractivity contribution >= 4 is 11.0 Å². The predicted molar refractivity (Wildman–Crippen MR) is 168 cm³/mol. The third-order valence-corrected chi connectivity index (χ3v) is 6.74. The van der Waals surface area contributed by atoms with Gasteiger partial charge in [0.1, 0.15) is 17.9 Å². The van der Waals surface area contributed by atoms with E-state index in [0.717, 1.165) is 43.9 Å². The van der Waals surface area contributed by atoms with Crippen molar-refractivity contribution in [2.24, 2.45) is 0 Å². The molecule has 0 N–H and O–H groups in total. The van der Waals surface area contributed by atoms with E-state index in [0.29, 0.717) is 36.9 Å². The lowest BCUT2D eigenvalue weighted by atomic mass is 10.1. The van der Waals surface area contributed by atoms with Crippen molar-refractivity contribution in [1.29, 1.82) is 0 Å². The number of fused-ring (bicyclic) bond motifs is 1. The molecule has 222 valence electrons. The van der Waals surface area contributed by atoms with Crippen LogP contribution in [-0.2, 0) is 0 Å². The average Bonchev–Trinajstić information content (AvgIpc) is 2.92. The summed E-state index contributed by atoms with van der Waals surface area (Å²) in [5, 5.41) is 0.721. The van der Waals surface area contributed by atoms with Gasteiger partial charge in [0.2, 0.25) is 5.75 Å².